The number of nitriles is 1. The molecule has 2 aromatic heterocycles. The standard InChI is InChI=1S/C13H13N5O3S/c1-8-9(2)22-13(10(8)5-14)16-12(19)3-4-17-6-11(15-7-17)18(20)21/h6-7H,3-4H2,1-2H3,(H,16,19). The Balaban J connectivity index is 1.97. The summed E-state index contributed by atoms with van der Waals surface area (Å²) in [5.41, 5.74) is 1.35. The van der Waals surface area contributed by atoms with Crippen molar-refractivity contribution in [3.63, 3.8) is 0 Å². The van der Waals surface area contributed by atoms with Crippen molar-refractivity contribution in [2.75, 3.05) is 5.32 Å². The van der Waals surface area contributed by atoms with Crippen LogP contribution in [0.2, 0.25) is 0 Å². The number of thiophene rings is 1. The Hall–Kier alpha value is -2.73. The van der Waals surface area contributed by atoms with E-state index in [-0.39, 0.29) is 24.7 Å². The summed E-state index contributed by atoms with van der Waals surface area (Å²) in [6.45, 7) is 4.00. The van der Waals surface area contributed by atoms with Crippen LogP contribution >= 0.6 is 11.3 Å². The van der Waals surface area contributed by atoms with Gasteiger partial charge >= 0.3 is 5.82 Å². The summed E-state index contributed by atoms with van der Waals surface area (Å²) in [5, 5.41) is 22.9. The minimum atomic E-state index is -0.590. The van der Waals surface area contributed by atoms with Crippen LogP contribution < -0.4 is 5.32 Å². The maximum Gasteiger partial charge on any atom is 0.381 e. The number of rotatable bonds is 5. The Kier molecular flexibility index (Phi) is 4.53. The van der Waals surface area contributed by atoms with Crippen molar-refractivity contribution in [1.82, 2.24) is 9.55 Å². The van der Waals surface area contributed by atoms with E-state index < -0.39 is 4.92 Å². The van der Waals surface area contributed by atoms with E-state index in [0.717, 1.165) is 10.4 Å². The van der Waals surface area contributed by atoms with Gasteiger partial charge in [-0.2, -0.15) is 5.26 Å². The van der Waals surface area contributed by atoms with Crippen LogP contribution in [0.1, 0.15) is 22.4 Å². The number of hydrogen-bond donors (Lipinski definition) is 1. The van der Waals surface area contributed by atoms with E-state index >= 15 is 0 Å². The van der Waals surface area contributed by atoms with Gasteiger partial charge in [0.05, 0.1) is 5.56 Å². The largest absolute Gasteiger partial charge is 0.381 e. The molecule has 0 atom stereocenters. The predicted octanol–water partition coefficient (Wildman–Crippen LogP) is 2.37. The lowest BCUT2D eigenvalue weighted by Gasteiger charge is -2.03. The summed E-state index contributed by atoms with van der Waals surface area (Å²) in [7, 11) is 0. The van der Waals surface area contributed by atoms with E-state index in [2.05, 4.69) is 16.4 Å². The Morgan fingerprint density at radius 2 is 2.32 bits per heavy atom. The maximum atomic E-state index is 11.9. The molecule has 2 heterocycles. The number of imidazole rings is 1. The summed E-state index contributed by atoms with van der Waals surface area (Å²) in [6.07, 6.45) is 2.72. The van der Waals surface area contributed by atoms with Crippen molar-refractivity contribution in [3.05, 3.63) is 38.6 Å². The number of carbonyl (C=O) groups is 1. The Morgan fingerprint density at radius 1 is 1.59 bits per heavy atom. The van der Waals surface area contributed by atoms with Crippen LogP contribution in [-0.4, -0.2) is 20.4 Å². The number of aromatic nitrogens is 2. The van der Waals surface area contributed by atoms with Gasteiger partial charge in [0.15, 0.2) is 0 Å². The smallest absolute Gasteiger partial charge is 0.358 e. The average Bonchev–Trinajstić information content (AvgIpc) is 3.03. The van der Waals surface area contributed by atoms with Crippen molar-refractivity contribution in [2.24, 2.45) is 0 Å². The molecule has 0 aromatic carbocycles. The molecule has 8 nitrogen and oxygen atoms in total. The molecule has 0 saturated carbocycles. The van der Waals surface area contributed by atoms with E-state index in [0.29, 0.717) is 10.6 Å². The Labute approximate surface area is 130 Å². The zero-order valence-corrected chi connectivity index (χ0v) is 12.8. The lowest BCUT2D eigenvalue weighted by atomic mass is 10.2. The van der Waals surface area contributed by atoms with Gasteiger partial charge in [0.1, 0.15) is 17.3 Å². The van der Waals surface area contributed by atoms with Crippen LogP contribution in [0.5, 0.6) is 0 Å². The number of carbonyl (C=O) groups excluding carboxylic acids is 1. The summed E-state index contributed by atoms with van der Waals surface area (Å²) < 4.78 is 1.48. The second-order valence-electron chi connectivity index (χ2n) is 4.62. The van der Waals surface area contributed by atoms with Gasteiger partial charge in [-0.05, 0) is 29.3 Å². The molecule has 114 valence electrons. The van der Waals surface area contributed by atoms with Gasteiger partial charge in [0, 0.05) is 17.8 Å². The normalized spacial score (nSPS) is 10.2. The number of amides is 1. The molecule has 0 spiro atoms. The molecule has 2 rings (SSSR count). The fourth-order valence-corrected chi connectivity index (χ4v) is 2.86. The summed E-state index contributed by atoms with van der Waals surface area (Å²) >= 11 is 1.36. The Bertz CT molecular complexity index is 771. The molecule has 0 saturated heterocycles. The van der Waals surface area contributed by atoms with Crippen molar-refractivity contribution in [1.29, 1.82) is 5.26 Å². The van der Waals surface area contributed by atoms with Gasteiger partial charge in [-0.15, -0.1) is 11.3 Å². The highest BCUT2D eigenvalue weighted by Crippen LogP contribution is 2.31. The average molecular weight is 319 g/mol. The molecule has 1 N–H and O–H groups in total. The SMILES string of the molecule is Cc1sc(NC(=O)CCn2cnc([N+](=O)[O-])c2)c(C#N)c1C. The minimum absolute atomic E-state index is 0.133. The molecular formula is C13H13N5O3S. The first-order valence-electron chi connectivity index (χ1n) is 6.38. The van der Waals surface area contributed by atoms with Gasteiger partial charge in [-0.1, -0.05) is 0 Å². The van der Waals surface area contributed by atoms with Crippen molar-refractivity contribution < 1.29 is 9.72 Å². The third kappa shape index (κ3) is 3.29. The molecule has 0 aliphatic heterocycles. The lowest BCUT2D eigenvalue weighted by Crippen LogP contribution is -2.14. The lowest BCUT2D eigenvalue weighted by molar-refractivity contribution is -0.389. The molecule has 0 unspecified atom stereocenters. The van der Waals surface area contributed by atoms with Gasteiger partial charge in [-0.25, -0.2) is 0 Å². The van der Waals surface area contributed by atoms with E-state index in [4.69, 9.17) is 5.26 Å². The minimum Gasteiger partial charge on any atom is -0.358 e. The molecule has 0 radical (unpaired) electrons. The highest BCUT2D eigenvalue weighted by molar-refractivity contribution is 7.16. The predicted molar refractivity (Wildman–Crippen MR) is 80.6 cm³/mol. The second kappa shape index (κ2) is 6.36. The van der Waals surface area contributed by atoms with Gasteiger partial charge < -0.3 is 20.0 Å². The third-order valence-electron chi connectivity index (χ3n) is 3.15. The second-order valence-corrected chi connectivity index (χ2v) is 5.85. The molecule has 9 heteroatoms. The van der Waals surface area contributed by atoms with Gasteiger partial charge in [-0.3, -0.25) is 4.79 Å². The highest BCUT2D eigenvalue weighted by atomic mass is 32.1. The van der Waals surface area contributed by atoms with E-state index in [1.165, 1.54) is 28.4 Å². The molecule has 2 aromatic rings. The number of nitro groups is 1. The Morgan fingerprint density at radius 3 is 2.91 bits per heavy atom. The summed E-state index contributed by atoms with van der Waals surface area (Å²) in [4.78, 5) is 26.5. The summed E-state index contributed by atoms with van der Waals surface area (Å²) in [5.74, 6) is -0.509. The monoisotopic (exact) mass is 319 g/mol. The van der Waals surface area contributed by atoms with Gasteiger partial charge in [0.25, 0.3) is 0 Å². The number of anilines is 1. The summed E-state index contributed by atoms with van der Waals surface area (Å²) in [6, 6.07) is 2.09. The molecule has 0 fully saturated rings. The van der Waals surface area contributed by atoms with Crippen molar-refractivity contribution >= 4 is 28.1 Å². The molecule has 0 aliphatic carbocycles. The third-order valence-corrected chi connectivity index (χ3v) is 4.28. The molecule has 0 aliphatic rings. The maximum absolute atomic E-state index is 11.9. The molecule has 1 amide bonds. The van der Waals surface area contributed by atoms with E-state index in [1.54, 1.807) is 0 Å². The number of aryl methyl sites for hydroxylation is 2. The molecule has 0 bridgehead atoms. The van der Waals surface area contributed by atoms with Crippen LogP contribution in [0.3, 0.4) is 0 Å². The van der Waals surface area contributed by atoms with E-state index in [1.807, 2.05) is 13.8 Å². The van der Waals surface area contributed by atoms with Crippen LogP contribution in [0.4, 0.5) is 10.8 Å². The number of nitrogens with one attached hydrogen (secondary N) is 1. The zero-order valence-electron chi connectivity index (χ0n) is 12.0. The van der Waals surface area contributed by atoms with Crippen LogP contribution in [0.15, 0.2) is 12.5 Å². The fraction of sp³-hybridized carbons (Fsp3) is 0.308. The molecular weight excluding hydrogens is 306 g/mol. The first kappa shape index (κ1) is 15.7. The zero-order chi connectivity index (χ0) is 16.3. The number of hydrogen-bond acceptors (Lipinski definition) is 6. The number of nitrogens with zero attached hydrogens (tertiary/aromatic N) is 4. The quantitative estimate of drug-likeness (QED) is 0.671. The first-order valence-corrected chi connectivity index (χ1v) is 7.20. The van der Waals surface area contributed by atoms with Crippen LogP contribution in [-0.2, 0) is 11.3 Å². The topological polar surface area (TPSA) is 114 Å². The molecule has 22 heavy (non-hydrogen) atoms. The highest BCUT2D eigenvalue weighted by Gasteiger charge is 2.15. The van der Waals surface area contributed by atoms with Gasteiger partial charge in [0.2, 0.25) is 12.2 Å². The van der Waals surface area contributed by atoms with Crippen molar-refractivity contribution in [2.45, 2.75) is 26.8 Å². The van der Waals surface area contributed by atoms with Crippen molar-refractivity contribution in [3.8, 4) is 6.07 Å². The van der Waals surface area contributed by atoms with E-state index in [9.17, 15) is 14.9 Å². The first-order chi connectivity index (χ1) is 10.4. The van der Waals surface area contributed by atoms with Crippen LogP contribution in [0.25, 0.3) is 0 Å². The van der Waals surface area contributed by atoms with Crippen LogP contribution in [0, 0.1) is 35.3 Å². The fourth-order valence-electron chi connectivity index (χ4n) is 1.83.